The van der Waals surface area contributed by atoms with Crippen LogP contribution in [0, 0.1) is 22.7 Å². The number of rotatable bonds is 4. The van der Waals surface area contributed by atoms with Crippen LogP contribution >= 0.6 is 0 Å². The second-order valence-electron chi connectivity index (χ2n) is 7.93. The van der Waals surface area contributed by atoms with Gasteiger partial charge in [0.25, 0.3) is 0 Å². The van der Waals surface area contributed by atoms with Gasteiger partial charge in [-0.05, 0) is 68.8 Å². The average Bonchev–Trinajstić information content (AvgIpc) is 2.95. The van der Waals surface area contributed by atoms with Gasteiger partial charge < -0.3 is 9.53 Å². The second kappa shape index (κ2) is 5.92. The predicted molar refractivity (Wildman–Crippen MR) is 89.8 cm³/mol. The van der Waals surface area contributed by atoms with Gasteiger partial charge in [0.1, 0.15) is 12.9 Å². The van der Waals surface area contributed by atoms with Crippen LogP contribution in [0.3, 0.4) is 0 Å². The van der Waals surface area contributed by atoms with Crippen LogP contribution in [0.2, 0.25) is 0 Å². The Morgan fingerprint density at radius 2 is 2.13 bits per heavy atom. The topological polar surface area (TPSA) is 43.4 Å². The highest BCUT2D eigenvalue weighted by atomic mass is 16.5. The first-order chi connectivity index (χ1) is 10.9. The molecule has 0 aromatic carbocycles. The van der Waals surface area contributed by atoms with Crippen molar-refractivity contribution in [1.29, 1.82) is 0 Å². The van der Waals surface area contributed by atoms with E-state index in [9.17, 15) is 9.59 Å². The highest BCUT2D eigenvalue weighted by Crippen LogP contribution is 2.61. The highest BCUT2D eigenvalue weighted by Gasteiger charge is 2.55. The van der Waals surface area contributed by atoms with Gasteiger partial charge in [0.05, 0.1) is 0 Å². The molecular formula is C20H28O3. The van der Waals surface area contributed by atoms with Crippen LogP contribution in [0.25, 0.3) is 0 Å². The molecule has 1 fully saturated rings. The molecule has 3 aliphatic rings. The van der Waals surface area contributed by atoms with Gasteiger partial charge in [-0.25, -0.2) is 4.79 Å². The largest absolute Gasteiger partial charge is 0.458 e. The summed E-state index contributed by atoms with van der Waals surface area (Å²) in [6.07, 6.45) is 11.3. The number of cyclic esters (lactones) is 1. The molecule has 0 aromatic rings. The Morgan fingerprint density at radius 1 is 1.35 bits per heavy atom. The first-order valence-electron chi connectivity index (χ1n) is 8.94. The molecule has 3 nitrogen and oxygen atoms in total. The summed E-state index contributed by atoms with van der Waals surface area (Å²) in [5.41, 5.74) is 2.03. The lowest BCUT2D eigenvalue weighted by molar-refractivity contribution is -0.138. The summed E-state index contributed by atoms with van der Waals surface area (Å²) < 4.78 is 5.01. The van der Waals surface area contributed by atoms with E-state index in [1.54, 1.807) is 0 Å². The van der Waals surface area contributed by atoms with E-state index in [0.29, 0.717) is 24.9 Å². The van der Waals surface area contributed by atoms with Gasteiger partial charge in [0.2, 0.25) is 0 Å². The van der Waals surface area contributed by atoms with E-state index in [4.69, 9.17) is 4.74 Å². The molecule has 0 bridgehead atoms. The van der Waals surface area contributed by atoms with Gasteiger partial charge in [-0.1, -0.05) is 25.5 Å². The fourth-order valence-electron chi connectivity index (χ4n) is 5.28. The number of esters is 1. The van der Waals surface area contributed by atoms with Crippen molar-refractivity contribution in [2.75, 3.05) is 6.61 Å². The summed E-state index contributed by atoms with van der Waals surface area (Å²) in [4.78, 5) is 24.1. The summed E-state index contributed by atoms with van der Waals surface area (Å²) in [7, 11) is 0. The Hall–Kier alpha value is -1.38. The van der Waals surface area contributed by atoms with Crippen molar-refractivity contribution < 1.29 is 14.3 Å². The average molecular weight is 316 g/mol. The minimum atomic E-state index is -0.313. The Balaban J connectivity index is 1.89. The van der Waals surface area contributed by atoms with Gasteiger partial charge >= 0.3 is 5.97 Å². The fourth-order valence-corrected chi connectivity index (χ4v) is 5.28. The van der Waals surface area contributed by atoms with E-state index in [0.717, 1.165) is 31.3 Å². The Kier molecular flexibility index (Phi) is 4.24. The van der Waals surface area contributed by atoms with Crippen molar-refractivity contribution >= 4 is 12.3 Å². The molecule has 4 atom stereocenters. The zero-order valence-electron chi connectivity index (χ0n) is 14.6. The van der Waals surface area contributed by atoms with Crippen LogP contribution in [0.1, 0.15) is 59.3 Å². The Labute approximate surface area is 139 Å². The molecule has 0 unspecified atom stereocenters. The normalized spacial score (nSPS) is 40.0. The molecule has 0 saturated heterocycles. The zero-order valence-corrected chi connectivity index (χ0v) is 14.6. The predicted octanol–water partition coefficient (Wildman–Crippen LogP) is 4.23. The Bertz CT molecular complexity index is 573. The third kappa shape index (κ3) is 2.49. The summed E-state index contributed by atoms with van der Waals surface area (Å²) >= 11 is 0. The number of carbonyl (C=O) groups is 2. The lowest BCUT2D eigenvalue weighted by Gasteiger charge is -2.57. The monoisotopic (exact) mass is 316 g/mol. The lowest BCUT2D eigenvalue weighted by atomic mass is 9.46. The van der Waals surface area contributed by atoms with Gasteiger partial charge in [-0.15, -0.1) is 0 Å². The molecule has 2 aliphatic carbocycles. The Morgan fingerprint density at radius 3 is 2.78 bits per heavy atom. The minimum Gasteiger partial charge on any atom is -0.458 e. The molecule has 0 aromatic heterocycles. The summed E-state index contributed by atoms with van der Waals surface area (Å²) in [6, 6.07) is 0. The molecule has 0 radical (unpaired) electrons. The smallest absolute Gasteiger partial charge is 0.334 e. The fraction of sp³-hybridized carbons (Fsp3) is 0.700. The van der Waals surface area contributed by atoms with Gasteiger partial charge in [0.15, 0.2) is 0 Å². The highest BCUT2D eigenvalue weighted by molar-refractivity contribution is 5.90. The maximum Gasteiger partial charge on any atom is 0.334 e. The summed E-state index contributed by atoms with van der Waals surface area (Å²) in [5, 5.41) is 0. The number of allylic oxidation sites excluding steroid dienone is 2. The van der Waals surface area contributed by atoms with E-state index in [-0.39, 0.29) is 16.8 Å². The first-order valence-corrected chi connectivity index (χ1v) is 8.94. The minimum absolute atomic E-state index is 0.135. The molecule has 1 heterocycles. The summed E-state index contributed by atoms with van der Waals surface area (Å²) in [6.45, 7) is 7.19. The third-order valence-corrected chi connectivity index (χ3v) is 7.09. The maximum atomic E-state index is 12.3. The van der Waals surface area contributed by atoms with Crippen LogP contribution in [0.5, 0.6) is 0 Å². The number of carbonyl (C=O) groups excluding carboxylic acids is 2. The van der Waals surface area contributed by atoms with Crippen molar-refractivity contribution in [3.8, 4) is 0 Å². The second-order valence-corrected chi connectivity index (χ2v) is 7.93. The van der Waals surface area contributed by atoms with Gasteiger partial charge in [-0.3, -0.25) is 0 Å². The van der Waals surface area contributed by atoms with Crippen LogP contribution in [-0.2, 0) is 14.3 Å². The molecular weight excluding hydrogens is 288 g/mol. The van der Waals surface area contributed by atoms with Crippen molar-refractivity contribution in [1.82, 2.24) is 0 Å². The van der Waals surface area contributed by atoms with Crippen molar-refractivity contribution in [3.63, 3.8) is 0 Å². The van der Waals surface area contributed by atoms with E-state index in [1.807, 2.05) is 6.08 Å². The maximum absolute atomic E-state index is 12.3. The van der Waals surface area contributed by atoms with Gasteiger partial charge in [0, 0.05) is 11.0 Å². The third-order valence-electron chi connectivity index (χ3n) is 7.09. The number of hydrogen-bond acceptors (Lipinski definition) is 3. The van der Waals surface area contributed by atoms with Crippen LogP contribution < -0.4 is 0 Å². The molecule has 0 amide bonds. The first kappa shape index (κ1) is 16.5. The number of ether oxygens (including phenoxy) is 1. The van der Waals surface area contributed by atoms with E-state index < -0.39 is 0 Å². The van der Waals surface area contributed by atoms with Crippen molar-refractivity contribution in [2.24, 2.45) is 22.7 Å². The SMILES string of the molecule is CC1=CCC[C@H]2[C@@](C=O)(CCC3=CCOC3=O)[C@H](C)CC[C@@]12C. The number of hydrogen-bond donors (Lipinski definition) is 0. The number of fused-ring (bicyclic) bond motifs is 1. The molecule has 0 spiro atoms. The van der Waals surface area contributed by atoms with Crippen LogP contribution in [-0.4, -0.2) is 18.9 Å². The molecule has 126 valence electrons. The van der Waals surface area contributed by atoms with Crippen molar-refractivity contribution in [2.45, 2.75) is 59.3 Å². The molecule has 3 heteroatoms. The van der Waals surface area contributed by atoms with Crippen molar-refractivity contribution in [3.05, 3.63) is 23.3 Å². The molecule has 23 heavy (non-hydrogen) atoms. The zero-order chi connectivity index (χ0) is 16.7. The van der Waals surface area contributed by atoms with Crippen LogP contribution in [0.15, 0.2) is 23.3 Å². The quantitative estimate of drug-likeness (QED) is 0.443. The molecule has 0 N–H and O–H groups in total. The van der Waals surface area contributed by atoms with E-state index in [2.05, 4.69) is 26.8 Å². The van der Waals surface area contributed by atoms with E-state index in [1.165, 1.54) is 18.3 Å². The molecule has 1 aliphatic heterocycles. The number of aldehydes is 1. The summed E-state index contributed by atoms with van der Waals surface area (Å²) in [5.74, 6) is 0.568. The van der Waals surface area contributed by atoms with Gasteiger partial charge in [-0.2, -0.15) is 0 Å². The van der Waals surface area contributed by atoms with E-state index >= 15 is 0 Å². The lowest BCUT2D eigenvalue weighted by Crippen LogP contribution is -2.52. The molecule has 3 rings (SSSR count). The standard InChI is InChI=1S/C20H28O3/c1-14-5-4-6-17-19(14,3)10-7-15(2)20(17,13-21)11-8-16-9-12-23-18(16)22/h5,9,13,15,17H,4,6-8,10-12H2,1-3H3/t15-,17-,19+,20-/m1/s1. The molecule has 1 saturated carbocycles. The van der Waals surface area contributed by atoms with Crippen LogP contribution in [0.4, 0.5) is 0 Å².